The minimum Gasteiger partial charge on any atom is -0.506 e. The summed E-state index contributed by atoms with van der Waals surface area (Å²) in [7, 11) is 0. The van der Waals surface area contributed by atoms with Gasteiger partial charge in [0.25, 0.3) is 0 Å². The van der Waals surface area contributed by atoms with Crippen molar-refractivity contribution in [3.63, 3.8) is 0 Å². The molecule has 0 bridgehead atoms. The fraction of sp³-hybridized carbons (Fsp3) is 0.333. The molecule has 2 N–H and O–H groups in total. The highest BCUT2D eigenvalue weighted by atomic mass is 79.9. The van der Waals surface area contributed by atoms with Gasteiger partial charge >= 0.3 is 0 Å². The lowest BCUT2D eigenvalue weighted by Crippen LogP contribution is -2.16. The van der Waals surface area contributed by atoms with Gasteiger partial charge in [0.05, 0.1) is 10.7 Å². The molecule has 20 heavy (non-hydrogen) atoms. The van der Waals surface area contributed by atoms with Gasteiger partial charge in [0.2, 0.25) is 0 Å². The van der Waals surface area contributed by atoms with Crippen LogP contribution in [0.2, 0.25) is 0 Å². The third kappa shape index (κ3) is 4.67. The van der Waals surface area contributed by atoms with Crippen LogP contribution >= 0.6 is 15.9 Å². The fourth-order valence-electron chi connectivity index (χ4n) is 1.79. The monoisotopic (exact) mass is 339 g/mol. The van der Waals surface area contributed by atoms with E-state index in [1.54, 1.807) is 6.26 Å². The molecule has 2 rings (SSSR count). The lowest BCUT2D eigenvalue weighted by Gasteiger charge is -2.08. The fourth-order valence-corrected chi connectivity index (χ4v) is 2.20. The van der Waals surface area contributed by atoms with E-state index in [9.17, 15) is 5.11 Å². The minimum absolute atomic E-state index is 0.300. The molecule has 0 spiro atoms. The van der Waals surface area contributed by atoms with Crippen LogP contribution in [0.1, 0.15) is 17.7 Å². The molecule has 5 heteroatoms. The van der Waals surface area contributed by atoms with E-state index in [0.717, 1.165) is 28.8 Å². The summed E-state index contributed by atoms with van der Waals surface area (Å²) >= 11 is 3.30. The topological polar surface area (TPSA) is 54.6 Å². The molecule has 2 aromatic rings. The molecule has 0 aliphatic rings. The van der Waals surface area contributed by atoms with Crippen molar-refractivity contribution in [3.05, 3.63) is 52.4 Å². The number of benzene rings is 1. The first-order valence-corrected chi connectivity index (χ1v) is 7.34. The van der Waals surface area contributed by atoms with Gasteiger partial charge in [0.1, 0.15) is 18.1 Å². The van der Waals surface area contributed by atoms with E-state index < -0.39 is 0 Å². The van der Waals surface area contributed by atoms with Gasteiger partial charge in [0.15, 0.2) is 0 Å². The third-order valence-electron chi connectivity index (χ3n) is 2.85. The predicted octanol–water partition coefficient (Wildman–Crippen LogP) is 3.44. The average molecular weight is 340 g/mol. The SMILES string of the molecule is Oc1c(Br)cccc1CNCCCOCc1ccco1. The van der Waals surface area contributed by atoms with Crippen molar-refractivity contribution in [2.24, 2.45) is 0 Å². The Morgan fingerprint density at radius 1 is 1.25 bits per heavy atom. The molecule has 4 nitrogen and oxygen atoms in total. The van der Waals surface area contributed by atoms with Crippen molar-refractivity contribution < 1.29 is 14.3 Å². The first-order valence-electron chi connectivity index (χ1n) is 6.54. The largest absolute Gasteiger partial charge is 0.506 e. The molecule has 0 fully saturated rings. The van der Waals surface area contributed by atoms with Crippen molar-refractivity contribution in [2.75, 3.05) is 13.2 Å². The molecule has 0 aliphatic carbocycles. The summed E-state index contributed by atoms with van der Waals surface area (Å²) < 4.78 is 11.4. The number of ether oxygens (including phenoxy) is 1. The Kier molecular flexibility index (Phi) is 6.11. The molecule has 108 valence electrons. The van der Waals surface area contributed by atoms with Crippen LogP contribution in [0.5, 0.6) is 5.75 Å². The highest BCUT2D eigenvalue weighted by molar-refractivity contribution is 9.10. The standard InChI is InChI=1S/C15H18BrNO3/c16-14-6-1-4-12(15(14)18)10-17-7-3-8-19-11-13-5-2-9-20-13/h1-2,4-6,9,17-18H,3,7-8,10-11H2. The zero-order chi connectivity index (χ0) is 14.2. The summed E-state index contributed by atoms with van der Waals surface area (Å²) in [4.78, 5) is 0. The van der Waals surface area contributed by atoms with Crippen LogP contribution < -0.4 is 5.32 Å². The number of nitrogens with one attached hydrogen (secondary N) is 1. The molecule has 1 aromatic heterocycles. The molecule has 0 unspecified atom stereocenters. The Balaban J connectivity index is 1.56. The highest BCUT2D eigenvalue weighted by Crippen LogP contribution is 2.27. The Morgan fingerprint density at radius 2 is 2.15 bits per heavy atom. The number of phenolic OH excluding ortho intramolecular Hbond substituents is 1. The van der Waals surface area contributed by atoms with E-state index in [-0.39, 0.29) is 0 Å². The summed E-state index contributed by atoms with van der Waals surface area (Å²) in [5.41, 5.74) is 0.885. The molecule has 0 radical (unpaired) electrons. The molecule has 0 saturated heterocycles. The first kappa shape index (κ1) is 15.1. The summed E-state index contributed by atoms with van der Waals surface area (Å²) in [6, 6.07) is 9.38. The van der Waals surface area contributed by atoms with Crippen LogP contribution in [0, 0.1) is 0 Å². The van der Waals surface area contributed by atoms with E-state index in [1.165, 1.54) is 0 Å². The van der Waals surface area contributed by atoms with Gasteiger partial charge in [-0.15, -0.1) is 0 Å². The quantitative estimate of drug-likeness (QED) is 0.723. The lowest BCUT2D eigenvalue weighted by molar-refractivity contribution is 0.104. The van der Waals surface area contributed by atoms with Crippen LogP contribution in [0.15, 0.2) is 45.5 Å². The molecular formula is C15H18BrNO3. The van der Waals surface area contributed by atoms with Crippen LogP contribution in [-0.4, -0.2) is 18.3 Å². The highest BCUT2D eigenvalue weighted by Gasteiger charge is 2.03. The number of hydrogen-bond donors (Lipinski definition) is 2. The Hall–Kier alpha value is -1.30. The van der Waals surface area contributed by atoms with Gasteiger partial charge < -0.3 is 19.6 Å². The number of rotatable bonds is 8. The van der Waals surface area contributed by atoms with Gasteiger partial charge in [0, 0.05) is 18.7 Å². The molecular weight excluding hydrogens is 322 g/mol. The zero-order valence-corrected chi connectivity index (χ0v) is 12.7. The average Bonchev–Trinajstić information content (AvgIpc) is 2.95. The first-order chi connectivity index (χ1) is 9.77. The maximum absolute atomic E-state index is 9.82. The van der Waals surface area contributed by atoms with Crippen LogP contribution in [0.3, 0.4) is 0 Å². The second-order valence-corrected chi connectivity index (χ2v) is 5.26. The van der Waals surface area contributed by atoms with Crippen molar-refractivity contribution in [3.8, 4) is 5.75 Å². The molecule has 0 atom stereocenters. The van der Waals surface area contributed by atoms with Gasteiger partial charge in [-0.05, 0) is 47.1 Å². The maximum atomic E-state index is 9.82. The summed E-state index contributed by atoms with van der Waals surface area (Å²) in [6.07, 6.45) is 2.56. The van der Waals surface area contributed by atoms with Crippen LogP contribution in [-0.2, 0) is 17.9 Å². The number of hydrogen-bond acceptors (Lipinski definition) is 4. The van der Waals surface area contributed by atoms with Crippen LogP contribution in [0.25, 0.3) is 0 Å². The van der Waals surface area contributed by atoms with E-state index in [0.29, 0.717) is 25.5 Å². The Labute approximate surface area is 126 Å². The second-order valence-electron chi connectivity index (χ2n) is 4.41. The number of furan rings is 1. The Morgan fingerprint density at radius 3 is 2.95 bits per heavy atom. The molecule has 0 saturated carbocycles. The number of aromatic hydroxyl groups is 1. The number of para-hydroxylation sites is 1. The normalized spacial score (nSPS) is 10.8. The van der Waals surface area contributed by atoms with Crippen LogP contribution in [0.4, 0.5) is 0 Å². The van der Waals surface area contributed by atoms with E-state index in [1.807, 2.05) is 30.3 Å². The van der Waals surface area contributed by atoms with Gasteiger partial charge in [-0.1, -0.05) is 12.1 Å². The minimum atomic E-state index is 0.300. The van der Waals surface area contributed by atoms with E-state index >= 15 is 0 Å². The van der Waals surface area contributed by atoms with Crippen molar-refractivity contribution in [1.82, 2.24) is 5.32 Å². The van der Waals surface area contributed by atoms with Gasteiger partial charge in [-0.3, -0.25) is 0 Å². The van der Waals surface area contributed by atoms with Crippen molar-refractivity contribution in [2.45, 2.75) is 19.6 Å². The summed E-state index contributed by atoms with van der Waals surface area (Å²) in [5, 5.41) is 13.1. The molecule has 0 aliphatic heterocycles. The summed E-state index contributed by atoms with van der Waals surface area (Å²) in [5.74, 6) is 1.14. The lowest BCUT2D eigenvalue weighted by atomic mass is 10.2. The van der Waals surface area contributed by atoms with Crippen molar-refractivity contribution >= 4 is 15.9 Å². The second kappa shape index (κ2) is 8.09. The van der Waals surface area contributed by atoms with E-state index in [4.69, 9.17) is 9.15 Å². The molecule has 1 heterocycles. The zero-order valence-electron chi connectivity index (χ0n) is 11.1. The number of phenols is 1. The predicted molar refractivity (Wildman–Crippen MR) is 80.5 cm³/mol. The third-order valence-corrected chi connectivity index (χ3v) is 3.49. The molecule has 1 aromatic carbocycles. The number of halogens is 1. The van der Waals surface area contributed by atoms with Gasteiger partial charge in [-0.25, -0.2) is 0 Å². The molecule has 0 amide bonds. The smallest absolute Gasteiger partial charge is 0.134 e. The maximum Gasteiger partial charge on any atom is 0.134 e. The Bertz CT molecular complexity index is 514. The summed E-state index contributed by atoms with van der Waals surface area (Å²) in [6.45, 7) is 2.67. The van der Waals surface area contributed by atoms with E-state index in [2.05, 4.69) is 21.2 Å². The van der Waals surface area contributed by atoms with Gasteiger partial charge in [-0.2, -0.15) is 0 Å². The van der Waals surface area contributed by atoms with Crippen molar-refractivity contribution in [1.29, 1.82) is 0 Å².